The normalized spacial score (nSPS) is 10.4. The van der Waals surface area contributed by atoms with Crippen molar-refractivity contribution in [2.24, 2.45) is 0 Å². The van der Waals surface area contributed by atoms with Crippen molar-refractivity contribution in [2.75, 3.05) is 11.9 Å². The molecule has 0 atom stereocenters. The maximum atomic E-state index is 12.0. The molecule has 0 aliphatic heterocycles. The van der Waals surface area contributed by atoms with E-state index in [2.05, 4.69) is 5.32 Å². The molecule has 0 radical (unpaired) electrons. The number of rotatable bonds is 5. The second kappa shape index (κ2) is 7.25. The van der Waals surface area contributed by atoms with Crippen molar-refractivity contribution < 1.29 is 10.1 Å². The van der Waals surface area contributed by atoms with Crippen LogP contribution in [0.3, 0.4) is 0 Å². The van der Waals surface area contributed by atoms with Crippen LogP contribution in [-0.4, -0.2) is 12.5 Å². The average molecular weight is 304 g/mol. The van der Waals surface area contributed by atoms with E-state index >= 15 is 0 Å². The zero-order chi connectivity index (χ0) is 15.2. The van der Waals surface area contributed by atoms with E-state index in [-0.39, 0.29) is 5.91 Å². The third-order valence-corrected chi connectivity index (χ3v) is 3.62. The van der Waals surface area contributed by atoms with Crippen molar-refractivity contribution in [3.63, 3.8) is 0 Å². The summed E-state index contributed by atoms with van der Waals surface area (Å²) in [4.78, 5) is 12.0. The van der Waals surface area contributed by atoms with E-state index in [9.17, 15) is 4.79 Å². The summed E-state index contributed by atoms with van der Waals surface area (Å²) in [5.74, 6) is 0.0152. The minimum absolute atomic E-state index is 0.0152. The van der Waals surface area contributed by atoms with Crippen molar-refractivity contribution in [2.45, 2.75) is 20.4 Å². The number of carbonyl (C=O) groups is 1. The zero-order valence-electron chi connectivity index (χ0n) is 12.3. The summed E-state index contributed by atoms with van der Waals surface area (Å²) in [5.41, 5.74) is 4.24. The fraction of sp³-hybridized carbons (Fsp3) is 0.235. The summed E-state index contributed by atoms with van der Waals surface area (Å²) in [6.45, 7) is 5.16. The maximum absolute atomic E-state index is 12.0. The fourth-order valence-electron chi connectivity index (χ4n) is 2.19. The first kappa shape index (κ1) is 15.5. The lowest BCUT2D eigenvalue weighted by Crippen LogP contribution is -2.84. The Morgan fingerprint density at radius 1 is 1.10 bits per heavy atom. The third-order valence-electron chi connectivity index (χ3n) is 3.37. The van der Waals surface area contributed by atoms with E-state index in [0.29, 0.717) is 6.54 Å². The van der Waals surface area contributed by atoms with E-state index in [4.69, 9.17) is 11.6 Å². The Morgan fingerprint density at radius 3 is 2.33 bits per heavy atom. The highest BCUT2D eigenvalue weighted by Crippen LogP contribution is 2.18. The monoisotopic (exact) mass is 303 g/mol. The standard InChI is InChI=1S/C17H19ClN2O/c1-12-4-3-5-13(2)17(12)20-16(21)11-19-10-14-6-8-15(18)9-7-14/h3-9,19H,10-11H2,1-2H3,(H,20,21)/p+1. The first-order chi connectivity index (χ1) is 10.1. The van der Waals surface area contributed by atoms with Gasteiger partial charge in [0.15, 0.2) is 6.54 Å². The molecule has 2 aromatic carbocycles. The molecule has 1 amide bonds. The van der Waals surface area contributed by atoms with Gasteiger partial charge in [0, 0.05) is 16.3 Å². The number of halogens is 1. The van der Waals surface area contributed by atoms with Gasteiger partial charge in [-0.25, -0.2) is 0 Å². The van der Waals surface area contributed by atoms with E-state index in [1.165, 1.54) is 0 Å². The highest BCUT2D eigenvalue weighted by Gasteiger charge is 2.08. The second-order valence-electron chi connectivity index (χ2n) is 5.14. The van der Waals surface area contributed by atoms with Gasteiger partial charge in [0.05, 0.1) is 0 Å². The maximum Gasteiger partial charge on any atom is 0.279 e. The lowest BCUT2D eigenvalue weighted by atomic mass is 10.1. The van der Waals surface area contributed by atoms with Gasteiger partial charge in [-0.1, -0.05) is 41.9 Å². The van der Waals surface area contributed by atoms with E-state index in [1.807, 2.05) is 61.6 Å². The molecule has 0 unspecified atom stereocenters. The molecule has 21 heavy (non-hydrogen) atoms. The van der Waals surface area contributed by atoms with Gasteiger partial charge in [0.1, 0.15) is 6.54 Å². The summed E-state index contributed by atoms with van der Waals surface area (Å²) in [6.07, 6.45) is 0. The number of hydrogen-bond acceptors (Lipinski definition) is 1. The Bertz CT molecular complexity index is 603. The minimum atomic E-state index is 0.0152. The Balaban J connectivity index is 1.84. The molecule has 2 rings (SSSR count). The summed E-state index contributed by atoms with van der Waals surface area (Å²) in [5, 5.41) is 5.69. The molecule has 0 aliphatic rings. The summed E-state index contributed by atoms with van der Waals surface area (Å²) >= 11 is 5.84. The predicted octanol–water partition coefficient (Wildman–Crippen LogP) is 2.66. The van der Waals surface area contributed by atoms with Crippen LogP contribution in [0.4, 0.5) is 5.69 Å². The lowest BCUT2D eigenvalue weighted by Gasteiger charge is -2.10. The Morgan fingerprint density at radius 2 is 1.71 bits per heavy atom. The molecule has 4 heteroatoms. The summed E-state index contributed by atoms with van der Waals surface area (Å²) in [6, 6.07) is 13.7. The number of nitrogens with two attached hydrogens (primary N) is 1. The highest BCUT2D eigenvalue weighted by atomic mass is 35.5. The number of aryl methyl sites for hydroxylation is 2. The van der Waals surface area contributed by atoms with Gasteiger partial charge < -0.3 is 10.6 Å². The SMILES string of the molecule is Cc1cccc(C)c1NC(=O)C[NH2+]Cc1ccc(Cl)cc1. The molecular formula is C17H20ClN2O+. The Kier molecular flexibility index (Phi) is 5.37. The first-order valence-electron chi connectivity index (χ1n) is 6.98. The number of benzene rings is 2. The van der Waals surface area contributed by atoms with Crippen molar-refractivity contribution in [3.05, 3.63) is 64.2 Å². The van der Waals surface area contributed by atoms with Crippen LogP contribution in [0.1, 0.15) is 16.7 Å². The molecule has 0 saturated carbocycles. The number of para-hydroxylation sites is 1. The molecule has 0 aromatic heterocycles. The van der Waals surface area contributed by atoms with Crippen LogP contribution in [-0.2, 0) is 11.3 Å². The van der Waals surface area contributed by atoms with Crippen LogP contribution >= 0.6 is 11.6 Å². The molecule has 0 spiro atoms. The molecule has 0 heterocycles. The van der Waals surface area contributed by atoms with Crippen molar-refractivity contribution >= 4 is 23.2 Å². The van der Waals surface area contributed by atoms with Gasteiger partial charge in [0.2, 0.25) is 0 Å². The number of quaternary nitrogens is 1. The lowest BCUT2D eigenvalue weighted by molar-refractivity contribution is -0.659. The van der Waals surface area contributed by atoms with Crippen molar-refractivity contribution in [1.29, 1.82) is 0 Å². The van der Waals surface area contributed by atoms with Crippen LogP contribution < -0.4 is 10.6 Å². The molecule has 0 bridgehead atoms. The largest absolute Gasteiger partial charge is 0.335 e. The van der Waals surface area contributed by atoms with Gasteiger partial charge in [-0.05, 0) is 37.1 Å². The Hall–Kier alpha value is -1.84. The van der Waals surface area contributed by atoms with E-state index in [0.717, 1.165) is 33.9 Å². The molecular weight excluding hydrogens is 284 g/mol. The van der Waals surface area contributed by atoms with Crippen molar-refractivity contribution in [1.82, 2.24) is 0 Å². The third kappa shape index (κ3) is 4.59. The van der Waals surface area contributed by atoms with Crippen LogP contribution in [0.15, 0.2) is 42.5 Å². The topological polar surface area (TPSA) is 45.7 Å². The van der Waals surface area contributed by atoms with Crippen LogP contribution in [0.2, 0.25) is 5.02 Å². The Labute approximate surface area is 130 Å². The zero-order valence-corrected chi connectivity index (χ0v) is 13.1. The van der Waals surface area contributed by atoms with Crippen LogP contribution in [0, 0.1) is 13.8 Å². The number of hydrogen-bond donors (Lipinski definition) is 2. The fourth-order valence-corrected chi connectivity index (χ4v) is 2.32. The highest BCUT2D eigenvalue weighted by molar-refractivity contribution is 6.30. The van der Waals surface area contributed by atoms with Gasteiger partial charge in [-0.15, -0.1) is 0 Å². The van der Waals surface area contributed by atoms with Crippen LogP contribution in [0.25, 0.3) is 0 Å². The summed E-state index contributed by atoms with van der Waals surface area (Å²) in [7, 11) is 0. The number of nitrogens with one attached hydrogen (secondary N) is 1. The van der Waals surface area contributed by atoms with E-state index in [1.54, 1.807) is 0 Å². The van der Waals surface area contributed by atoms with Crippen molar-refractivity contribution in [3.8, 4) is 0 Å². The van der Waals surface area contributed by atoms with Gasteiger partial charge >= 0.3 is 0 Å². The molecule has 0 fully saturated rings. The first-order valence-corrected chi connectivity index (χ1v) is 7.36. The smallest absolute Gasteiger partial charge is 0.279 e. The van der Waals surface area contributed by atoms with Gasteiger partial charge in [0.25, 0.3) is 5.91 Å². The number of amides is 1. The molecule has 2 aromatic rings. The van der Waals surface area contributed by atoms with Gasteiger partial charge in [-0.3, -0.25) is 4.79 Å². The molecule has 0 saturated heterocycles. The predicted molar refractivity (Wildman–Crippen MR) is 86.5 cm³/mol. The van der Waals surface area contributed by atoms with E-state index < -0.39 is 0 Å². The quantitative estimate of drug-likeness (QED) is 0.876. The second-order valence-corrected chi connectivity index (χ2v) is 5.57. The number of carbonyl (C=O) groups excluding carboxylic acids is 1. The molecule has 3 N–H and O–H groups in total. The number of anilines is 1. The molecule has 0 aliphatic carbocycles. The van der Waals surface area contributed by atoms with Crippen LogP contribution in [0.5, 0.6) is 0 Å². The molecule has 3 nitrogen and oxygen atoms in total. The van der Waals surface area contributed by atoms with Gasteiger partial charge in [-0.2, -0.15) is 0 Å². The minimum Gasteiger partial charge on any atom is -0.335 e. The summed E-state index contributed by atoms with van der Waals surface area (Å²) < 4.78 is 0. The molecule has 110 valence electrons. The average Bonchev–Trinajstić information content (AvgIpc) is 2.45.